The van der Waals surface area contributed by atoms with Gasteiger partial charge in [0, 0.05) is 13.0 Å². The van der Waals surface area contributed by atoms with Crippen molar-refractivity contribution in [2.75, 3.05) is 13.1 Å². The number of halogens is 1. The summed E-state index contributed by atoms with van der Waals surface area (Å²) < 4.78 is 0. The van der Waals surface area contributed by atoms with Gasteiger partial charge in [-0.1, -0.05) is 19.8 Å². The minimum absolute atomic E-state index is 0. The summed E-state index contributed by atoms with van der Waals surface area (Å²) in [5.74, 6) is 0.169. The van der Waals surface area contributed by atoms with Gasteiger partial charge in [0.05, 0.1) is 0 Å². The second kappa shape index (κ2) is 7.91. The summed E-state index contributed by atoms with van der Waals surface area (Å²) in [4.78, 5) is 11.4. The molecule has 1 fully saturated rings. The van der Waals surface area contributed by atoms with Crippen LogP contribution in [0.2, 0.25) is 0 Å². The monoisotopic (exact) mass is 248 g/mol. The van der Waals surface area contributed by atoms with Gasteiger partial charge in [-0.15, -0.1) is 12.4 Å². The van der Waals surface area contributed by atoms with Crippen molar-refractivity contribution < 1.29 is 4.79 Å². The first-order chi connectivity index (χ1) is 7.22. The van der Waals surface area contributed by atoms with E-state index < -0.39 is 0 Å². The Hall–Kier alpha value is -0.280. The third-order valence-corrected chi connectivity index (χ3v) is 3.46. The number of carbonyl (C=O) groups excluding carboxylic acids is 1. The standard InChI is InChI=1S/C12H24N2O.ClH/c1-2-6-12(7-4-8-12)10-14-11(15)5-3-9-13;/h2-10,13H2,1H3,(H,14,15);1H. The first-order valence-corrected chi connectivity index (χ1v) is 6.19. The molecule has 1 rings (SSSR count). The molecule has 0 aliphatic heterocycles. The van der Waals surface area contributed by atoms with Crippen molar-refractivity contribution in [1.82, 2.24) is 5.32 Å². The van der Waals surface area contributed by atoms with E-state index in [0.29, 0.717) is 18.4 Å². The van der Waals surface area contributed by atoms with E-state index in [1.54, 1.807) is 0 Å². The van der Waals surface area contributed by atoms with E-state index in [0.717, 1.165) is 13.0 Å². The van der Waals surface area contributed by atoms with Gasteiger partial charge in [-0.2, -0.15) is 0 Å². The van der Waals surface area contributed by atoms with Gasteiger partial charge in [0.2, 0.25) is 5.91 Å². The number of amides is 1. The zero-order chi connectivity index (χ0) is 11.1. The first kappa shape index (κ1) is 15.7. The van der Waals surface area contributed by atoms with Gasteiger partial charge >= 0.3 is 0 Å². The molecule has 96 valence electrons. The Morgan fingerprint density at radius 1 is 1.44 bits per heavy atom. The Balaban J connectivity index is 0.00000225. The van der Waals surface area contributed by atoms with E-state index in [4.69, 9.17) is 5.73 Å². The number of nitrogens with one attached hydrogen (secondary N) is 1. The Labute approximate surface area is 105 Å². The van der Waals surface area contributed by atoms with E-state index in [1.807, 2.05) is 0 Å². The molecular weight excluding hydrogens is 224 g/mol. The molecule has 1 saturated carbocycles. The summed E-state index contributed by atoms with van der Waals surface area (Å²) in [6.07, 6.45) is 7.77. The van der Waals surface area contributed by atoms with Crippen LogP contribution in [-0.2, 0) is 4.79 Å². The lowest BCUT2D eigenvalue weighted by Crippen LogP contribution is -2.42. The Morgan fingerprint density at radius 2 is 2.12 bits per heavy atom. The molecule has 0 spiro atoms. The maximum atomic E-state index is 11.4. The van der Waals surface area contributed by atoms with Crippen molar-refractivity contribution >= 4 is 18.3 Å². The van der Waals surface area contributed by atoms with Crippen molar-refractivity contribution in [1.29, 1.82) is 0 Å². The third kappa shape index (κ3) is 4.71. The largest absolute Gasteiger partial charge is 0.356 e. The molecule has 3 nitrogen and oxygen atoms in total. The van der Waals surface area contributed by atoms with E-state index in [2.05, 4.69) is 12.2 Å². The summed E-state index contributed by atoms with van der Waals surface area (Å²) in [5.41, 5.74) is 5.80. The zero-order valence-electron chi connectivity index (χ0n) is 10.3. The van der Waals surface area contributed by atoms with Crippen LogP contribution in [0.1, 0.15) is 51.9 Å². The van der Waals surface area contributed by atoms with Crippen LogP contribution >= 0.6 is 12.4 Å². The molecule has 0 aromatic rings. The highest BCUT2D eigenvalue weighted by Crippen LogP contribution is 2.44. The minimum atomic E-state index is 0. The molecule has 1 amide bonds. The van der Waals surface area contributed by atoms with Crippen LogP contribution in [0.15, 0.2) is 0 Å². The van der Waals surface area contributed by atoms with Crippen molar-refractivity contribution in [3.63, 3.8) is 0 Å². The molecule has 0 aromatic carbocycles. The zero-order valence-corrected chi connectivity index (χ0v) is 11.1. The van der Waals surface area contributed by atoms with Gasteiger partial charge in [0.25, 0.3) is 0 Å². The van der Waals surface area contributed by atoms with Crippen LogP contribution in [0.25, 0.3) is 0 Å². The summed E-state index contributed by atoms with van der Waals surface area (Å²) in [6, 6.07) is 0. The van der Waals surface area contributed by atoms with E-state index >= 15 is 0 Å². The van der Waals surface area contributed by atoms with Crippen molar-refractivity contribution in [3.8, 4) is 0 Å². The smallest absolute Gasteiger partial charge is 0.220 e. The number of carbonyl (C=O) groups is 1. The quantitative estimate of drug-likeness (QED) is 0.726. The van der Waals surface area contributed by atoms with Crippen molar-refractivity contribution in [2.24, 2.45) is 11.1 Å². The lowest BCUT2D eigenvalue weighted by atomic mass is 9.66. The molecule has 1 aliphatic rings. The molecule has 0 radical (unpaired) electrons. The van der Waals surface area contributed by atoms with E-state index in [9.17, 15) is 4.79 Å². The predicted octanol–water partition coefficient (Wildman–Crippen LogP) is 2.23. The van der Waals surface area contributed by atoms with Gasteiger partial charge in [0.1, 0.15) is 0 Å². The van der Waals surface area contributed by atoms with E-state index in [-0.39, 0.29) is 18.3 Å². The van der Waals surface area contributed by atoms with Crippen molar-refractivity contribution in [3.05, 3.63) is 0 Å². The maximum Gasteiger partial charge on any atom is 0.220 e. The fraction of sp³-hybridized carbons (Fsp3) is 0.917. The molecule has 4 heteroatoms. The molecule has 16 heavy (non-hydrogen) atoms. The van der Waals surface area contributed by atoms with Gasteiger partial charge < -0.3 is 11.1 Å². The second-order valence-electron chi connectivity index (χ2n) is 4.77. The molecular formula is C12H25ClN2O. The predicted molar refractivity (Wildman–Crippen MR) is 69.7 cm³/mol. The Bertz CT molecular complexity index is 205. The molecule has 3 N–H and O–H groups in total. The van der Waals surface area contributed by atoms with Gasteiger partial charge in [-0.25, -0.2) is 0 Å². The van der Waals surface area contributed by atoms with Crippen LogP contribution in [-0.4, -0.2) is 19.0 Å². The summed E-state index contributed by atoms with van der Waals surface area (Å²) in [6.45, 7) is 3.70. The number of hydrogen-bond donors (Lipinski definition) is 2. The topological polar surface area (TPSA) is 55.1 Å². The van der Waals surface area contributed by atoms with Gasteiger partial charge in [-0.3, -0.25) is 4.79 Å². The fourth-order valence-electron chi connectivity index (χ4n) is 2.36. The first-order valence-electron chi connectivity index (χ1n) is 6.19. The lowest BCUT2D eigenvalue weighted by Gasteiger charge is -2.42. The van der Waals surface area contributed by atoms with Crippen LogP contribution in [0.3, 0.4) is 0 Å². The van der Waals surface area contributed by atoms with E-state index in [1.165, 1.54) is 32.1 Å². The normalized spacial score (nSPS) is 17.1. The molecule has 0 unspecified atom stereocenters. The fourth-order valence-corrected chi connectivity index (χ4v) is 2.36. The molecule has 0 saturated heterocycles. The number of rotatable bonds is 7. The Morgan fingerprint density at radius 3 is 2.56 bits per heavy atom. The second-order valence-corrected chi connectivity index (χ2v) is 4.77. The van der Waals surface area contributed by atoms with Gasteiger partial charge in [-0.05, 0) is 37.6 Å². The molecule has 0 heterocycles. The average molecular weight is 249 g/mol. The molecule has 0 bridgehead atoms. The summed E-state index contributed by atoms with van der Waals surface area (Å²) in [7, 11) is 0. The van der Waals surface area contributed by atoms with Crippen LogP contribution in [0.5, 0.6) is 0 Å². The molecule has 0 aromatic heterocycles. The number of nitrogens with two attached hydrogens (primary N) is 1. The van der Waals surface area contributed by atoms with Gasteiger partial charge in [0.15, 0.2) is 0 Å². The Kier molecular flexibility index (Phi) is 7.77. The third-order valence-electron chi connectivity index (χ3n) is 3.46. The molecule has 1 aliphatic carbocycles. The highest BCUT2D eigenvalue weighted by molar-refractivity contribution is 5.85. The maximum absolute atomic E-state index is 11.4. The van der Waals surface area contributed by atoms with Crippen LogP contribution in [0, 0.1) is 5.41 Å². The van der Waals surface area contributed by atoms with Crippen LogP contribution < -0.4 is 11.1 Å². The lowest BCUT2D eigenvalue weighted by molar-refractivity contribution is -0.122. The average Bonchev–Trinajstić information content (AvgIpc) is 2.18. The van der Waals surface area contributed by atoms with Crippen molar-refractivity contribution in [2.45, 2.75) is 51.9 Å². The molecule has 0 atom stereocenters. The minimum Gasteiger partial charge on any atom is -0.356 e. The van der Waals surface area contributed by atoms with Crippen LogP contribution in [0.4, 0.5) is 0 Å². The number of hydrogen-bond acceptors (Lipinski definition) is 2. The summed E-state index contributed by atoms with van der Waals surface area (Å²) in [5, 5.41) is 3.05. The summed E-state index contributed by atoms with van der Waals surface area (Å²) >= 11 is 0. The SMILES string of the molecule is CCCC1(CNC(=O)CCCN)CCC1.Cl. The highest BCUT2D eigenvalue weighted by Gasteiger charge is 2.35. The highest BCUT2D eigenvalue weighted by atomic mass is 35.5.